The number of benzene rings is 1. The smallest absolute Gasteiger partial charge is 0.434 e. The van der Waals surface area contributed by atoms with Gasteiger partial charge in [-0.2, -0.15) is 18.3 Å². The first-order valence-corrected chi connectivity index (χ1v) is 13.8. The van der Waals surface area contributed by atoms with Crippen LogP contribution in [-0.4, -0.2) is 49.4 Å². The van der Waals surface area contributed by atoms with Crippen molar-refractivity contribution in [2.24, 2.45) is 0 Å². The first-order chi connectivity index (χ1) is 20.5. The second kappa shape index (κ2) is 10.7. The minimum atomic E-state index is -4.70. The Balaban J connectivity index is 1.38. The maximum atomic E-state index is 15.8. The maximum Gasteiger partial charge on any atom is 0.434 e. The predicted molar refractivity (Wildman–Crippen MR) is 147 cm³/mol. The molecule has 4 aromatic rings. The quantitative estimate of drug-likeness (QED) is 0.237. The summed E-state index contributed by atoms with van der Waals surface area (Å²) in [5, 5.41) is 4.74. The van der Waals surface area contributed by atoms with Gasteiger partial charge in [-0.25, -0.2) is 24.0 Å². The van der Waals surface area contributed by atoms with Crippen LogP contribution in [0.1, 0.15) is 62.0 Å². The predicted octanol–water partition coefficient (Wildman–Crippen LogP) is 5.77. The van der Waals surface area contributed by atoms with Crippen molar-refractivity contribution in [3.05, 3.63) is 53.5 Å². The van der Waals surface area contributed by atoms with Gasteiger partial charge in [0.1, 0.15) is 35.2 Å². The van der Waals surface area contributed by atoms with Crippen LogP contribution in [0.15, 0.2) is 30.7 Å². The maximum absolute atomic E-state index is 15.8. The number of imidazole rings is 1. The van der Waals surface area contributed by atoms with Gasteiger partial charge in [-0.15, -0.1) is 0 Å². The lowest BCUT2D eigenvalue weighted by molar-refractivity contribution is -0.141. The highest BCUT2D eigenvalue weighted by Gasteiger charge is 2.37. The zero-order chi connectivity index (χ0) is 30.6. The number of amides is 1. The first kappa shape index (κ1) is 28.6. The Morgan fingerprint density at radius 2 is 1.84 bits per heavy atom. The Hall–Kier alpha value is -4.49. The van der Waals surface area contributed by atoms with Crippen molar-refractivity contribution >= 4 is 11.7 Å². The summed E-state index contributed by atoms with van der Waals surface area (Å²) in [6, 6.07) is 4.03. The van der Waals surface area contributed by atoms with Gasteiger partial charge in [-0.1, -0.05) is 0 Å². The highest BCUT2D eigenvalue weighted by Crippen LogP contribution is 2.46. The molecule has 0 bridgehead atoms. The largest absolute Gasteiger partial charge is 0.496 e. The first-order valence-electron chi connectivity index (χ1n) is 13.8. The molecule has 14 heteroatoms. The summed E-state index contributed by atoms with van der Waals surface area (Å²) in [6.07, 6.45) is -0.197. The Kier molecular flexibility index (Phi) is 7.09. The van der Waals surface area contributed by atoms with E-state index in [1.807, 2.05) is 0 Å². The zero-order valence-corrected chi connectivity index (χ0v) is 23.9. The fourth-order valence-electron chi connectivity index (χ4n) is 5.38. The van der Waals surface area contributed by atoms with Crippen molar-refractivity contribution in [1.82, 2.24) is 29.3 Å². The molecule has 1 fully saturated rings. The molecule has 10 nitrogen and oxygen atoms in total. The summed E-state index contributed by atoms with van der Waals surface area (Å²) in [5.74, 6) is -0.0363. The average Bonchev–Trinajstić information content (AvgIpc) is 3.55. The highest BCUT2D eigenvalue weighted by atomic mass is 19.4. The molecule has 0 N–H and O–H groups in total. The van der Waals surface area contributed by atoms with Gasteiger partial charge in [0.15, 0.2) is 5.69 Å². The van der Waals surface area contributed by atoms with Gasteiger partial charge in [0.25, 0.3) is 0 Å². The molecule has 2 aliphatic rings. The van der Waals surface area contributed by atoms with E-state index >= 15 is 4.39 Å². The van der Waals surface area contributed by atoms with Crippen molar-refractivity contribution in [3.8, 4) is 34.3 Å². The summed E-state index contributed by atoms with van der Waals surface area (Å²) >= 11 is 0. The summed E-state index contributed by atoms with van der Waals surface area (Å²) in [6.45, 7) is 3.68. The number of alkyl halides is 3. The van der Waals surface area contributed by atoms with Gasteiger partial charge in [0, 0.05) is 30.6 Å². The summed E-state index contributed by atoms with van der Waals surface area (Å²) in [4.78, 5) is 27.1. The number of anilines is 1. The van der Waals surface area contributed by atoms with Gasteiger partial charge >= 0.3 is 6.18 Å². The van der Waals surface area contributed by atoms with Crippen LogP contribution in [0.2, 0.25) is 0 Å². The average molecular weight is 600 g/mol. The van der Waals surface area contributed by atoms with E-state index in [1.54, 1.807) is 24.6 Å². The minimum Gasteiger partial charge on any atom is -0.496 e. The van der Waals surface area contributed by atoms with Crippen LogP contribution < -0.4 is 14.4 Å². The third-order valence-corrected chi connectivity index (χ3v) is 7.61. The van der Waals surface area contributed by atoms with E-state index in [4.69, 9.17) is 14.6 Å². The molecule has 43 heavy (non-hydrogen) atoms. The van der Waals surface area contributed by atoms with E-state index in [0.717, 1.165) is 24.7 Å². The molecule has 6 rings (SSSR count). The van der Waals surface area contributed by atoms with Crippen molar-refractivity contribution in [3.63, 3.8) is 0 Å². The van der Waals surface area contributed by atoms with E-state index in [2.05, 4.69) is 15.0 Å². The van der Waals surface area contributed by atoms with Crippen LogP contribution in [0.3, 0.4) is 0 Å². The number of rotatable bonds is 8. The second-order valence-corrected chi connectivity index (χ2v) is 10.9. The van der Waals surface area contributed by atoms with Crippen LogP contribution in [0.5, 0.6) is 11.6 Å². The number of hydrogen-bond donors (Lipinski definition) is 0. The van der Waals surface area contributed by atoms with E-state index in [-0.39, 0.29) is 41.9 Å². The van der Waals surface area contributed by atoms with Gasteiger partial charge < -0.3 is 14.0 Å². The van der Waals surface area contributed by atoms with E-state index in [1.165, 1.54) is 42.1 Å². The lowest BCUT2D eigenvalue weighted by Gasteiger charge is -2.28. The number of fused-ring (bicyclic) bond motifs is 1. The van der Waals surface area contributed by atoms with Crippen molar-refractivity contribution in [1.29, 1.82) is 0 Å². The molecule has 226 valence electrons. The highest BCUT2D eigenvalue weighted by molar-refractivity contribution is 5.94. The van der Waals surface area contributed by atoms with Crippen LogP contribution >= 0.6 is 0 Å². The van der Waals surface area contributed by atoms with Crippen LogP contribution in [-0.2, 0) is 24.1 Å². The molecule has 1 amide bonds. The Bertz CT molecular complexity index is 1710. The summed E-state index contributed by atoms with van der Waals surface area (Å²) < 4.78 is 70.1. The third-order valence-electron chi connectivity index (χ3n) is 7.61. The van der Waals surface area contributed by atoms with Gasteiger partial charge in [0.05, 0.1) is 44.1 Å². The Morgan fingerprint density at radius 3 is 2.49 bits per heavy atom. The molecule has 4 heterocycles. The van der Waals surface area contributed by atoms with Crippen molar-refractivity contribution < 1.29 is 31.8 Å². The zero-order valence-electron chi connectivity index (χ0n) is 23.9. The molecule has 0 radical (unpaired) electrons. The number of halogens is 4. The van der Waals surface area contributed by atoms with Crippen LogP contribution in [0.25, 0.3) is 22.6 Å². The Morgan fingerprint density at radius 1 is 1.07 bits per heavy atom. The van der Waals surface area contributed by atoms with E-state index in [9.17, 15) is 18.0 Å². The molecular formula is C29H29F4N7O3. The number of aromatic nitrogens is 6. The van der Waals surface area contributed by atoms with E-state index < -0.39 is 23.7 Å². The summed E-state index contributed by atoms with van der Waals surface area (Å²) in [7, 11) is 2.83. The number of nitrogens with zero attached hydrogens (tertiary/aromatic N) is 7. The van der Waals surface area contributed by atoms with Gasteiger partial charge in [-0.05, 0) is 44.4 Å². The minimum absolute atomic E-state index is 0.00451. The normalized spacial score (nSPS) is 15.3. The summed E-state index contributed by atoms with van der Waals surface area (Å²) in [5.41, 5.74) is 1.13. The molecule has 1 aromatic carbocycles. The number of aryl methyl sites for hydroxylation is 1. The molecule has 0 atom stereocenters. The number of carbonyl (C=O) groups excluding carboxylic acids is 1. The third kappa shape index (κ3) is 5.19. The monoisotopic (exact) mass is 599 g/mol. The number of hydrogen-bond acceptors (Lipinski definition) is 7. The molecule has 1 saturated carbocycles. The standard InChI is InChI=1S/C29H29F4N7O3/c1-15(2)38-13-21(29(31,32)33)36-27(38)24-18(30)9-16(10-20(24)42-3)12-39-22-11-19(37-40(22)8-7-23(39)41)25-26(17-5-6-17)34-14-35-28(25)43-4/h9-11,13-15,17H,5-8,12H2,1-4H3. The van der Waals surface area contributed by atoms with Crippen LogP contribution in [0.4, 0.5) is 23.4 Å². The van der Waals surface area contributed by atoms with E-state index in [0.29, 0.717) is 35.1 Å². The lowest BCUT2D eigenvalue weighted by atomic mass is 10.1. The molecule has 1 aliphatic heterocycles. The van der Waals surface area contributed by atoms with Crippen LogP contribution in [0, 0.1) is 5.82 Å². The molecule has 1 aliphatic carbocycles. The molecule has 3 aromatic heterocycles. The molecular weight excluding hydrogens is 570 g/mol. The van der Waals surface area contributed by atoms with Gasteiger partial charge in [-0.3, -0.25) is 9.69 Å². The molecule has 0 saturated heterocycles. The second-order valence-electron chi connectivity index (χ2n) is 10.9. The van der Waals surface area contributed by atoms with Gasteiger partial charge in [0.2, 0.25) is 11.8 Å². The topological polar surface area (TPSA) is 100 Å². The fraction of sp³-hybridized carbons (Fsp3) is 0.414. The number of methoxy groups -OCH3 is 2. The lowest BCUT2D eigenvalue weighted by Crippen LogP contribution is -2.37. The molecule has 0 spiro atoms. The Labute approximate surface area is 244 Å². The van der Waals surface area contributed by atoms with Crippen molar-refractivity contribution in [2.45, 2.75) is 64.3 Å². The SMILES string of the molecule is COc1cc(CN2C(=O)CCn3nc(-c4c(OC)ncnc4C4CC4)cc32)cc(F)c1-c1nc(C(F)(F)F)cn1C(C)C. The van der Waals surface area contributed by atoms with Crippen molar-refractivity contribution in [2.75, 3.05) is 19.1 Å². The number of ether oxygens (including phenoxy) is 2. The fourth-order valence-corrected chi connectivity index (χ4v) is 5.38. The number of carbonyl (C=O) groups is 1. The molecule has 0 unspecified atom stereocenters.